The van der Waals surface area contributed by atoms with Crippen molar-refractivity contribution in [2.24, 2.45) is 7.05 Å². The fraction of sp³-hybridized carbons (Fsp3) is 0.0500. The maximum absolute atomic E-state index is 12.5. The molecule has 0 aliphatic carbocycles. The Balaban J connectivity index is 1.75. The van der Waals surface area contributed by atoms with E-state index < -0.39 is 5.91 Å². The number of rotatable bonds is 4. The van der Waals surface area contributed by atoms with Gasteiger partial charge in [-0.15, -0.1) is 0 Å². The summed E-state index contributed by atoms with van der Waals surface area (Å²) < 4.78 is 1.91. The number of benzene rings is 2. The van der Waals surface area contributed by atoms with E-state index in [9.17, 15) is 9.90 Å². The molecule has 2 N–H and O–H groups in total. The highest BCUT2D eigenvalue weighted by Crippen LogP contribution is 2.38. The van der Waals surface area contributed by atoms with E-state index in [0.717, 1.165) is 22.0 Å². The van der Waals surface area contributed by atoms with Gasteiger partial charge in [0.2, 0.25) is 0 Å². The molecule has 4 aromatic rings. The molecular formula is C20H16N4O2S. The van der Waals surface area contributed by atoms with Crippen LogP contribution in [0.15, 0.2) is 67.0 Å². The summed E-state index contributed by atoms with van der Waals surface area (Å²) in [6.45, 7) is 0. The number of thiazole rings is 1. The minimum absolute atomic E-state index is 0.0702. The minimum Gasteiger partial charge on any atom is -0.507 e. The van der Waals surface area contributed by atoms with E-state index >= 15 is 0 Å². The number of nitrogens with one attached hydrogen (secondary N) is 1. The van der Waals surface area contributed by atoms with Gasteiger partial charge in [0.05, 0.1) is 16.1 Å². The Morgan fingerprint density at radius 3 is 2.56 bits per heavy atom. The zero-order valence-corrected chi connectivity index (χ0v) is 15.3. The lowest BCUT2D eigenvalue weighted by molar-refractivity contribution is 0.102. The van der Waals surface area contributed by atoms with Crippen molar-refractivity contribution in [1.29, 1.82) is 0 Å². The number of carbonyl (C=O) groups is 1. The Bertz CT molecular complexity index is 1100. The van der Waals surface area contributed by atoms with Gasteiger partial charge in [0.25, 0.3) is 5.91 Å². The van der Waals surface area contributed by atoms with E-state index in [0.29, 0.717) is 5.13 Å². The third-order valence-corrected chi connectivity index (χ3v) is 5.03. The number of aryl methyl sites for hydroxylation is 1. The Morgan fingerprint density at radius 2 is 1.85 bits per heavy atom. The number of carbonyl (C=O) groups excluding carboxylic acids is 1. The van der Waals surface area contributed by atoms with Crippen LogP contribution in [0.4, 0.5) is 5.13 Å². The van der Waals surface area contributed by atoms with Crippen LogP contribution in [0, 0.1) is 0 Å². The molecule has 0 aliphatic heterocycles. The number of imidazole rings is 1. The van der Waals surface area contributed by atoms with Crippen LogP contribution in [0.3, 0.4) is 0 Å². The average Bonchev–Trinajstić information content (AvgIpc) is 3.28. The third kappa shape index (κ3) is 3.32. The third-order valence-electron chi connectivity index (χ3n) is 4.07. The Kier molecular flexibility index (Phi) is 4.43. The highest BCUT2D eigenvalue weighted by molar-refractivity contribution is 7.19. The molecule has 2 heterocycles. The first kappa shape index (κ1) is 17.0. The van der Waals surface area contributed by atoms with Gasteiger partial charge in [0.1, 0.15) is 5.75 Å². The predicted molar refractivity (Wildman–Crippen MR) is 106 cm³/mol. The van der Waals surface area contributed by atoms with Crippen molar-refractivity contribution in [1.82, 2.24) is 14.5 Å². The number of amides is 1. The topological polar surface area (TPSA) is 80.0 Å². The van der Waals surface area contributed by atoms with Gasteiger partial charge < -0.3 is 9.67 Å². The number of nitrogens with zero attached hydrogens (tertiary/aromatic N) is 3. The van der Waals surface area contributed by atoms with E-state index in [2.05, 4.69) is 15.3 Å². The second-order valence-electron chi connectivity index (χ2n) is 5.90. The molecule has 0 aliphatic rings. The largest absolute Gasteiger partial charge is 0.507 e. The van der Waals surface area contributed by atoms with Crippen molar-refractivity contribution in [3.63, 3.8) is 0 Å². The quantitative estimate of drug-likeness (QED) is 0.560. The molecule has 0 radical (unpaired) electrons. The van der Waals surface area contributed by atoms with Crippen LogP contribution in [0.1, 0.15) is 10.4 Å². The van der Waals surface area contributed by atoms with E-state index in [1.807, 2.05) is 48.1 Å². The fourth-order valence-corrected chi connectivity index (χ4v) is 3.75. The predicted octanol–water partition coefficient (Wildman–Crippen LogP) is 4.17. The minimum atomic E-state index is -0.409. The molecule has 2 aromatic carbocycles. The van der Waals surface area contributed by atoms with Crippen LogP contribution in [-0.4, -0.2) is 25.5 Å². The van der Waals surface area contributed by atoms with Gasteiger partial charge in [-0.05, 0) is 12.1 Å². The molecule has 0 saturated carbocycles. The van der Waals surface area contributed by atoms with Gasteiger partial charge in [-0.3, -0.25) is 10.1 Å². The molecule has 4 rings (SSSR count). The summed E-state index contributed by atoms with van der Waals surface area (Å²) in [5.74, 6) is 0.293. The van der Waals surface area contributed by atoms with Gasteiger partial charge in [-0.25, -0.2) is 9.97 Å². The summed E-state index contributed by atoms with van der Waals surface area (Å²) >= 11 is 1.35. The number of aromatic hydroxyl groups is 1. The maximum atomic E-state index is 12.5. The van der Waals surface area contributed by atoms with Crippen molar-refractivity contribution in [3.05, 3.63) is 72.6 Å². The number of phenols is 1. The molecule has 134 valence electrons. The van der Waals surface area contributed by atoms with Crippen molar-refractivity contribution < 1.29 is 9.90 Å². The number of hydrogen-bond acceptors (Lipinski definition) is 5. The van der Waals surface area contributed by atoms with E-state index in [-0.39, 0.29) is 11.3 Å². The second-order valence-corrected chi connectivity index (χ2v) is 6.89. The van der Waals surface area contributed by atoms with Crippen molar-refractivity contribution in [3.8, 4) is 27.7 Å². The number of hydrogen-bond donors (Lipinski definition) is 2. The van der Waals surface area contributed by atoms with Crippen molar-refractivity contribution >= 4 is 22.4 Å². The fourth-order valence-electron chi connectivity index (χ4n) is 2.73. The van der Waals surface area contributed by atoms with Crippen LogP contribution in [0.25, 0.3) is 22.0 Å². The standard InChI is InChI=1S/C20H16N4O2S/c1-24-12-11-21-18(24)17-16(13-7-3-2-4-8-13)22-20(27-17)23-19(26)14-9-5-6-10-15(14)25/h2-12,25H,1H3,(H,22,23,26). The Morgan fingerprint density at radius 1 is 1.11 bits per heavy atom. The number of para-hydroxylation sites is 1. The van der Waals surface area contributed by atoms with Gasteiger partial charge in [0.15, 0.2) is 11.0 Å². The summed E-state index contributed by atoms with van der Waals surface area (Å²) in [5.41, 5.74) is 1.89. The number of aromatic nitrogens is 3. The highest BCUT2D eigenvalue weighted by Gasteiger charge is 2.20. The van der Waals surface area contributed by atoms with Gasteiger partial charge >= 0.3 is 0 Å². The summed E-state index contributed by atoms with van der Waals surface area (Å²) in [6, 6.07) is 16.2. The zero-order valence-electron chi connectivity index (χ0n) is 14.5. The molecule has 2 aromatic heterocycles. The highest BCUT2D eigenvalue weighted by atomic mass is 32.1. The molecule has 27 heavy (non-hydrogen) atoms. The molecular weight excluding hydrogens is 360 g/mol. The van der Waals surface area contributed by atoms with E-state index in [4.69, 9.17) is 0 Å². The smallest absolute Gasteiger partial charge is 0.261 e. The van der Waals surface area contributed by atoms with Crippen LogP contribution >= 0.6 is 11.3 Å². The summed E-state index contributed by atoms with van der Waals surface area (Å²) in [7, 11) is 1.91. The molecule has 0 saturated heterocycles. The first-order valence-corrected chi connectivity index (χ1v) is 9.08. The Labute approximate surface area is 159 Å². The molecule has 0 atom stereocenters. The molecule has 0 unspecified atom stereocenters. The summed E-state index contributed by atoms with van der Waals surface area (Å²) in [4.78, 5) is 22.4. The first-order valence-electron chi connectivity index (χ1n) is 8.27. The molecule has 1 amide bonds. The first-order chi connectivity index (χ1) is 13.1. The van der Waals surface area contributed by atoms with E-state index in [1.54, 1.807) is 24.4 Å². The molecule has 0 bridgehead atoms. The summed E-state index contributed by atoms with van der Waals surface area (Å²) in [6.07, 6.45) is 3.59. The summed E-state index contributed by atoms with van der Waals surface area (Å²) in [5, 5.41) is 13.1. The normalized spacial score (nSPS) is 10.7. The maximum Gasteiger partial charge on any atom is 0.261 e. The van der Waals surface area contributed by atoms with Crippen LogP contribution in [0.5, 0.6) is 5.75 Å². The lowest BCUT2D eigenvalue weighted by Gasteiger charge is -2.03. The molecule has 0 spiro atoms. The lowest BCUT2D eigenvalue weighted by Crippen LogP contribution is -2.11. The number of anilines is 1. The van der Waals surface area contributed by atoms with Crippen molar-refractivity contribution in [2.75, 3.05) is 5.32 Å². The second kappa shape index (κ2) is 7.05. The van der Waals surface area contributed by atoms with Gasteiger partial charge in [-0.1, -0.05) is 53.8 Å². The van der Waals surface area contributed by atoms with Crippen LogP contribution in [-0.2, 0) is 7.05 Å². The van der Waals surface area contributed by atoms with Gasteiger partial charge in [0, 0.05) is 25.0 Å². The monoisotopic (exact) mass is 376 g/mol. The Hall–Kier alpha value is -3.45. The van der Waals surface area contributed by atoms with Crippen LogP contribution < -0.4 is 5.32 Å². The van der Waals surface area contributed by atoms with Gasteiger partial charge in [-0.2, -0.15) is 0 Å². The molecule has 0 fully saturated rings. The van der Waals surface area contributed by atoms with Crippen molar-refractivity contribution in [2.45, 2.75) is 0 Å². The molecule has 7 heteroatoms. The van der Waals surface area contributed by atoms with E-state index in [1.165, 1.54) is 17.4 Å². The number of phenolic OH excluding ortho intramolecular Hbond substituents is 1. The SMILES string of the molecule is Cn1ccnc1-c1sc(NC(=O)c2ccccc2O)nc1-c1ccccc1. The zero-order chi connectivity index (χ0) is 18.8. The molecule has 6 nitrogen and oxygen atoms in total. The lowest BCUT2D eigenvalue weighted by atomic mass is 10.1. The average molecular weight is 376 g/mol. The van der Waals surface area contributed by atoms with Crippen LogP contribution in [0.2, 0.25) is 0 Å².